The van der Waals surface area contributed by atoms with Crippen LogP contribution < -0.4 is 19.9 Å². The highest BCUT2D eigenvalue weighted by atomic mass is 35.5. The summed E-state index contributed by atoms with van der Waals surface area (Å²) in [5, 5.41) is 0. The van der Waals surface area contributed by atoms with Gasteiger partial charge in [-0.2, -0.15) is 0 Å². The van der Waals surface area contributed by atoms with Gasteiger partial charge in [-0.25, -0.2) is 0 Å². The first-order valence-electron chi connectivity index (χ1n) is 9.61. The number of nitrogens with zero attached hydrogens (tertiary/aromatic N) is 2. The number of halogens is 1. The van der Waals surface area contributed by atoms with Gasteiger partial charge >= 0.3 is 0 Å². The Hall–Kier alpha value is -2.19. The number of rotatable bonds is 5. The molecule has 0 bridgehead atoms. The SMILES string of the molecule is COc1ccc(C(=O)N2CCN(C(=O)C3(N)CCCC3)CC2)c(OC)c1OC.Cl. The smallest absolute Gasteiger partial charge is 0.257 e. The molecule has 1 aliphatic heterocycles. The Morgan fingerprint density at radius 3 is 1.97 bits per heavy atom. The Morgan fingerprint density at radius 2 is 1.45 bits per heavy atom. The monoisotopic (exact) mass is 427 g/mol. The molecule has 1 saturated heterocycles. The van der Waals surface area contributed by atoms with E-state index in [2.05, 4.69) is 0 Å². The molecule has 2 amide bonds. The molecule has 2 aliphatic rings. The molecule has 1 aromatic carbocycles. The third-order valence-electron chi connectivity index (χ3n) is 5.71. The molecular weight excluding hydrogens is 398 g/mol. The maximum Gasteiger partial charge on any atom is 0.257 e. The lowest BCUT2D eigenvalue weighted by Gasteiger charge is -2.38. The van der Waals surface area contributed by atoms with Gasteiger partial charge in [0.15, 0.2) is 11.5 Å². The van der Waals surface area contributed by atoms with Crippen LogP contribution in [0, 0.1) is 0 Å². The van der Waals surface area contributed by atoms with Crippen molar-refractivity contribution in [2.75, 3.05) is 47.5 Å². The highest BCUT2D eigenvalue weighted by molar-refractivity contribution is 5.98. The molecule has 0 radical (unpaired) electrons. The average molecular weight is 428 g/mol. The van der Waals surface area contributed by atoms with Crippen LogP contribution in [0.4, 0.5) is 0 Å². The van der Waals surface area contributed by atoms with E-state index in [0.29, 0.717) is 49.0 Å². The fourth-order valence-corrected chi connectivity index (χ4v) is 4.09. The molecule has 0 aromatic heterocycles. The quantitative estimate of drug-likeness (QED) is 0.768. The summed E-state index contributed by atoms with van der Waals surface area (Å²) in [4.78, 5) is 29.4. The molecule has 3 rings (SSSR count). The summed E-state index contributed by atoms with van der Waals surface area (Å²) in [6.45, 7) is 1.88. The van der Waals surface area contributed by atoms with Crippen molar-refractivity contribution < 1.29 is 23.8 Å². The number of piperazine rings is 1. The van der Waals surface area contributed by atoms with Gasteiger partial charge in [0.1, 0.15) is 0 Å². The van der Waals surface area contributed by atoms with E-state index in [1.807, 2.05) is 0 Å². The number of ether oxygens (including phenoxy) is 3. The molecule has 1 saturated carbocycles. The molecule has 0 spiro atoms. The van der Waals surface area contributed by atoms with Gasteiger partial charge in [-0.3, -0.25) is 9.59 Å². The van der Waals surface area contributed by atoms with Crippen LogP contribution in [0.1, 0.15) is 36.0 Å². The van der Waals surface area contributed by atoms with E-state index < -0.39 is 5.54 Å². The van der Waals surface area contributed by atoms with Gasteiger partial charge in [0, 0.05) is 26.2 Å². The van der Waals surface area contributed by atoms with Gasteiger partial charge in [-0.1, -0.05) is 12.8 Å². The lowest BCUT2D eigenvalue weighted by Crippen LogP contribution is -2.59. The van der Waals surface area contributed by atoms with Crippen molar-refractivity contribution in [3.05, 3.63) is 17.7 Å². The Morgan fingerprint density at radius 1 is 0.897 bits per heavy atom. The van der Waals surface area contributed by atoms with E-state index in [-0.39, 0.29) is 24.2 Å². The van der Waals surface area contributed by atoms with Crippen molar-refractivity contribution in [3.63, 3.8) is 0 Å². The fourth-order valence-electron chi connectivity index (χ4n) is 4.09. The predicted octanol–water partition coefficient (Wildman–Crippen LogP) is 1.69. The van der Waals surface area contributed by atoms with E-state index in [9.17, 15) is 9.59 Å². The second-order valence-electron chi connectivity index (χ2n) is 7.33. The first kappa shape index (κ1) is 23.1. The Bertz CT molecular complexity index is 744. The minimum atomic E-state index is -0.723. The molecule has 9 heteroatoms. The van der Waals surface area contributed by atoms with Gasteiger partial charge in [0.05, 0.1) is 32.4 Å². The molecule has 29 heavy (non-hydrogen) atoms. The Kier molecular flexibility index (Phi) is 7.60. The minimum absolute atomic E-state index is 0. The molecular formula is C20H30ClN3O5. The zero-order chi connectivity index (χ0) is 20.3. The first-order valence-corrected chi connectivity index (χ1v) is 9.61. The van der Waals surface area contributed by atoms with E-state index in [1.165, 1.54) is 21.3 Å². The number of methoxy groups -OCH3 is 3. The third kappa shape index (κ3) is 4.38. The molecule has 1 heterocycles. The number of carbonyl (C=O) groups excluding carboxylic acids is 2. The van der Waals surface area contributed by atoms with Crippen LogP contribution in [0.15, 0.2) is 12.1 Å². The molecule has 1 aliphatic carbocycles. The Labute approximate surface area is 177 Å². The van der Waals surface area contributed by atoms with Crippen LogP contribution in [0.3, 0.4) is 0 Å². The average Bonchev–Trinajstić information content (AvgIpc) is 3.19. The molecule has 162 valence electrons. The van der Waals surface area contributed by atoms with Crippen LogP contribution in [-0.4, -0.2) is 74.7 Å². The molecule has 2 N–H and O–H groups in total. The second-order valence-corrected chi connectivity index (χ2v) is 7.33. The lowest BCUT2D eigenvalue weighted by molar-refractivity contribution is -0.138. The molecule has 0 atom stereocenters. The second kappa shape index (κ2) is 9.54. The number of nitrogens with two attached hydrogens (primary N) is 1. The topological polar surface area (TPSA) is 94.3 Å². The van der Waals surface area contributed by atoms with Gasteiger partial charge < -0.3 is 29.7 Å². The molecule has 1 aromatic rings. The summed E-state index contributed by atoms with van der Waals surface area (Å²) in [5.74, 6) is 1.08. The van der Waals surface area contributed by atoms with Crippen LogP contribution in [-0.2, 0) is 4.79 Å². The molecule has 0 unspecified atom stereocenters. The van der Waals surface area contributed by atoms with Crippen molar-refractivity contribution in [3.8, 4) is 17.2 Å². The van der Waals surface area contributed by atoms with Gasteiger partial charge in [0.2, 0.25) is 11.7 Å². The number of carbonyl (C=O) groups is 2. The third-order valence-corrected chi connectivity index (χ3v) is 5.71. The predicted molar refractivity (Wildman–Crippen MR) is 111 cm³/mol. The number of hydrogen-bond acceptors (Lipinski definition) is 6. The maximum absolute atomic E-state index is 13.1. The summed E-state index contributed by atoms with van der Waals surface area (Å²) in [5.41, 5.74) is 5.99. The van der Waals surface area contributed by atoms with Crippen LogP contribution in [0.2, 0.25) is 0 Å². The fraction of sp³-hybridized carbons (Fsp3) is 0.600. The highest BCUT2D eigenvalue weighted by Gasteiger charge is 2.41. The number of amides is 2. The normalized spacial score (nSPS) is 18.1. The first-order chi connectivity index (χ1) is 13.4. The molecule has 8 nitrogen and oxygen atoms in total. The standard InChI is InChI=1S/C20H29N3O5.ClH/c1-26-15-7-6-14(16(27-2)17(15)28-3)18(24)22-10-12-23(13-11-22)19(25)20(21)8-4-5-9-20;/h6-7H,4-5,8-13,21H2,1-3H3;1H. The van der Waals surface area contributed by atoms with E-state index in [1.54, 1.807) is 21.9 Å². The van der Waals surface area contributed by atoms with Crippen molar-refractivity contribution in [1.82, 2.24) is 9.80 Å². The van der Waals surface area contributed by atoms with E-state index in [4.69, 9.17) is 19.9 Å². The zero-order valence-electron chi connectivity index (χ0n) is 17.2. The summed E-state index contributed by atoms with van der Waals surface area (Å²) < 4.78 is 16.1. The van der Waals surface area contributed by atoms with E-state index in [0.717, 1.165) is 25.7 Å². The minimum Gasteiger partial charge on any atom is -0.493 e. The van der Waals surface area contributed by atoms with Gasteiger partial charge in [0.25, 0.3) is 5.91 Å². The maximum atomic E-state index is 13.1. The largest absolute Gasteiger partial charge is 0.493 e. The number of benzene rings is 1. The Balaban J connectivity index is 0.00000300. The van der Waals surface area contributed by atoms with Crippen molar-refractivity contribution in [2.45, 2.75) is 31.2 Å². The highest BCUT2D eigenvalue weighted by Crippen LogP contribution is 2.40. The summed E-state index contributed by atoms with van der Waals surface area (Å²) >= 11 is 0. The zero-order valence-corrected chi connectivity index (χ0v) is 18.0. The van der Waals surface area contributed by atoms with Gasteiger partial charge in [-0.05, 0) is 25.0 Å². The van der Waals surface area contributed by atoms with Crippen molar-refractivity contribution in [2.24, 2.45) is 5.73 Å². The van der Waals surface area contributed by atoms with Crippen molar-refractivity contribution in [1.29, 1.82) is 0 Å². The number of hydrogen-bond donors (Lipinski definition) is 1. The lowest BCUT2D eigenvalue weighted by atomic mass is 9.97. The van der Waals surface area contributed by atoms with Gasteiger partial charge in [-0.15, -0.1) is 12.4 Å². The summed E-state index contributed by atoms with van der Waals surface area (Å²) in [6.07, 6.45) is 3.49. The van der Waals surface area contributed by atoms with Crippen LogP contribution >= 0.6 is 12.4 Å². The summed E-state index contributed by atoms with van der Waals surface area (Å²) in [7, 11) is 4.53. The van der Waals surface area contributed by atoms with E-state index >= 15 is 0 Å². The van der Waals surface area contributed by atoms with Crippen molar-refractivity contribution >= 4 is 24.2 Å². The molecule has 2 fully saturated rings. The van der Waals surface area contributed by atoms with Crippen LogP contribution in [0.25, 0.3) is 0 Å². The van der Waals surface area contributed by atoms with Crippen LogP contribution in [0.5, 0.6) is 17.2 Å². The summed E-state index contributed by atoms with van der Waals surface area (Å²) in [6, 6.07) is 3.36.